The second kappa shape index (κ2) is 6.75. The van der Waals surface area contributed by atoms with Gasteiger partial charge in [-0.3, -0.25) is 4.98 Å². The molecule has 0 saturated heterocycles. The topological polar surface area (TPSA) is 63.2 Å². The molecule has 21 heavy (non-hydrogen) atoms. The highest BCUT2D eigenvalue weighted by atomic mass is 79.9. The molecule has 0 unspecified atom stereocenters. The molecule has 1 amide bonds. The van der Waals surface area contributed by atoms with E-state index in [1.54, 1.807) is 6.20 Å². The summed E-state index contributed by atoms with van der Waals surface area (Å²) >= 11 is 3.37. The Morgan fingerprint density at radius 2 is 2.10 bits per heavy atom. The second-order valence-corrected chi connectivity index (χ2v) is 7.28. The number of hydrogen-bond donors (Lipinski definition) is 2. The molecule has 0 radical (unpaired) electrons. The minimum Gasteiger partial charge on any atom is -0.444 e. The third kappa shape index (κ3) is 5.63. The number of pyridine rings is 1. The molecule has 0 atom stereocenters. The standard InChI is InChI=1S/C15H22BrN3O2/c1-15(2,3)21-14(20)19-13-6-12(7-13)18-9-11-5-4-10(16)8-17-11/h4-5,8,12-13,18H,6-7,9H2,1-3H3,(H,19,20). The molecule has 1 aromatic heterocycles. The van der Waals surface area contributed by atoms with Crippen molar-refractivity contribution in [1.82, 2.24) is 15.6 Å². The molecule has 5 nitrogen and oxygen atoms in total. The first-order valence-electron chi connectivity index (χ1n) is 7.15. The number of alkyl carbamates (subject to hydrolysis) is 1. The summed E-state index contributed by atoms with van der Waals surface area (Å²) in [5.41, 5.74) is 0.570. The average Bonchev–Trinajstić information content (AvgIpc) is 2.31. The average molecular weight is 356 g/mol. The molecular formula is C15H22BrN3O2. The lowest BCUT2D eigenvalue weighted by Crippen LogP contribution is -2.53. The van der Waals surface area contributed by atoms with Gasteiger partial charge in [0.15, 0.2) is 0 Å². The Labute approximate surface area is 134 Å². The summed E-state index contributed by atoms with van der Waals surface area (Å²) in [4.78, 5) is 15.9. The van der Waals surface area contributed by atoms with Crippen LogP contribution < -0.4 is 10.6 Å². The molecule has 6 heteroatoms. The zero-order chi connectivity index (χ0) is 15.5. The third-order valence-electron chi connectivity index (χ3n) is 3.22. The van der Waals surface area contributed by atoms with Gasteiger partial charge < -0.3 is 15.4 Å². The van der Waals surface area contributed by atoms with E-state index in [0.29, 0.717) is 6.04 Å². The molecule has 1 aliphatic carbocycles. The minimum atomic E-state index is -0.446. The number of aromatic nitrogens is 1. The molecule has 116 valence electrons. The molecular weight excluding hydrogens is 334 g/mol. The van der Waals surface area contributed by atoms with Gasteiger partial charge in [0.05, 0.1) is 5.69 Å². The lowest BCUT2D eigenvalue weighted by atomic mass is 9.87. The van der Waals surface area contributed by atoms with Crippen molar-refractivity contribution in [2.75, 3.05) is 0 Å². The number of hydrogen-bond acceptors (Lipinski definition) is 4. The first kappa shape index (κ1) is 16.2. The Bertz CT molecular complexity index is 479. The van der Waals surface area contributed by atoms with Crippen LogP contribution in [0.15, 0.2) is 22.8 Å². The van der Waals surface area contributed by atoms with Crippen molar-refractivity contribution < 1.29 is 9.53 Å². The largest absolute Gasteiger partial charge is 0.444 e. The van der Waals surface area contributed by atoms with E-state index in [4.69, 9.17) is 4.74 Å². The Morgan fingerprint density at radius 3 is 2.67 bits per heavy atom. The number of carbonyl (C=O) groups is 1. The molecule has 1 fully saturated rings. The van der Waals surface area contributed by atoms with Crippen molar-refractivity contribution in [3.63, 3.8) is 0 Å². The van der Waals surface area contributed by atoms with Gasteiger partial charge in [-0.25, -0.2) is 4.79 Å². The van der Waals surface area contributed by atoms with Crippen LogP contribution in [-0.2, 0) is 11.3 Å². The summed E-state index contributed by atoms with van der Waals surface area (Å²) in [6.45, 7) is 6.34. The number of amides is 1. The fraction of sp³-hybridized carbons (Fsp3) is 0.600. The van der Waals surface area contributed by atoms with E-state index in [0.717, 1.165) is 29.6 Å². The monoisotopic (exact) mass is 355 g/mol. The smallest absolute Gasteiger partial charge is 0.407 e. The summed E-state index contributed by atoms with van der Waals surface area (Å²) in [6, 6.07) is 4.61. The van der Waals surface area contributed by atoms with Crippen LogP contribution in [0.2, 0.25) is 0 Å². The van der Waals surface area contributed by atoms with Crippen molar-refractivity contribution in [2.24, 2.45) is 0 Å². The van der Waals surface area contributed by atoms with Crippen LogP contribution in [-0.4, -0.2) is 28.8 Å². The van der Waals surface area contributed by atoms with Gasteiger partial charge in [0.1, 0.15) is 5.60 Å². The zero-order valence-corrected chi connectivity index (χ0v) is 14.2. The lowest BCUT2D eigenvalue weighted by Gasteiger charge is -2.36. The number of nitrogens with one attached hydrogen (secondary N) is 2. The number of nitrogens with zero attached hydrogens (tertiary/aromatic N) is 1. The van der Waals surface area contributed by atoms with Gasteiger partial charge in [0.25, 0.3) is 0 Å². The maximum absolute atomic E-state index is 11.6. The van der Waals surface area contributed by atoms with Crippen LogP contribution in [0.25, 0.3) is 0 Å². The van der Waals surface area contributed by atoms with Gasteiger partial charge in [-0.15, -0.1) is 0 Å². The van der Waals surface area contributed by atoms with Crippen LogP contribution in [0, 0.1) is 0 Å². The summed E-state index contributed by atoms with van der Waals surface area (Å²) in [5.74, 6) is 0. The SMILES string of the molecule is CC(C)(C)OC(=O)NC1CC(NCc2ccc(Br)cn2)C1. The lowest BCUT2D eigenvalue weighted by molar-refractivity contribution is 0.0465. The van der Waals surface area contributed by atoms with E-state index >= 15 is 0 Å². The van der Waals surface area contributed by atoms with E-state index in [9.17, 15) is 4.79 Å². The fourth-order valence-corrected chi connectivity index (χ4v) is 2.37. The van der Waals surface area contributed by atoms with Crippen LogP contribution >= 0.6 is 15.9 Å². The van der Waals surface area contributed by atoms with Crippen molar-refractivity contribution in [2.45, 2.75) is 57.8 Å². The Hall–Kier alpha value is -1.14. The number of carbonyl (C=O) groups excluding carboxylic acids is 1. The molecule has 0 aromatic carbocycles. The molecule has 0 bridgehead atoms. The van der Waals surface area contributed by atoms with Crippen molar-refractivity contribution in [3.8, 4) is 0 Å². The van der Waals surface area contributed by atoms with Gasteiger partial charge in [0, 0.05) is 29.3 Å². The Balaban J connectivity index is 1.63. The fourth-order valence-electron chi connectivity index (χ4n) is 2.14. The molecule has 1 aliphatic rings. The van der Waals surface area contributed by atoms with Crippen molar-refractivity contribution in [3.05, 3.63) is 28.5 Å². The molecule has 1 aromatic rings. The van der Waals surface area contributed by atoms with E-state index < -0.39 is 5.60 Å². The van der Waals surface area contributed by atoms with Crippen molar-refractivity contribution in [1.29, 1.82) is 0 Å². The number of ether oxygens (including phenoxy) is 1. The Morgan fingerprint density at radius 1 is 1.38 bits per heavy atom. The minimum absolute atomic E-state index is 0.204. The summed E-state index contributed by atoms with van der Waals surface area (Å²) in [5, 5.41) is 6.32. The maximum atomic E-state index is 11.6. The maximum Gasteiger partial charge on any atom is 0.407 e. The predicted octanol–water partition coefficient (Wildman–Crippen LogP) is 2.99. The number of rotatable bonds is 4. The van der Waals surface area contributed by atoms with E-state index in [1.807, 2.05) is 32.9 Å². The molecule has 1 saturated carbocycles. The zero-order valence-electron chi connectivity index (χ0n) is 12.6. The Kier molecular flexibility index (Phi) is 5.22. The van der Waals surface area contributed by atoms with Gasteiger partial charge in [-0.05, 0) is 61.7 Å². The van der Waals surface area contributed by atoms with Crippen LogP contribution in [0.5, 0.6) is 0 Å². The van der Waals surface area contributed by atoms with Crippen molar-refractivity contribution >= 4 is 22.0 Å². The highest BCUT2D eigenvalue weighted by molar-refractivity contribution is 9.10. The first-order valence-corrected chi connectivity index (χ1v) is 7.94. The van der Waals surface area contributed by atoms with Crippen LogP contribution in [0.4, 0.5) is 4.79 Å². The van der Waals surface area contributed by atoms with Crippen LogP contribution in [0.1, 0.15) is 39.3 Å². The summed E-state index contributed by atoms with van der Waals surface area (Å²) in [7, 11) is 0. The normalized spacial score (nSPS) is 21.5. The third-order valence-corrected chi connectivity index (χ3v) is 3.69. The van der Waals surface area contributed by atoms with Gasteiger partial charge >= 0.3 is 6.09 Å². The van der Waals surface area contributed by atoms with E-state index in [1.165, 1.54) is 0 Å². The molecule has 0 aliphatic heterocycles. The van der Waals surface area contributed by atoms with E-state index in [-0.39, 0.29) is 12.1 Å². The molecule has 2 N–H and O–H groups in total. The number of halogens is 1. The highest BCUT2D eigenvalue weighted by Crippen LogP contribution is 2.21. The predicted molar refractivity (Wildman–Crippen MR) is 85.0 cm³/mol. The van der Waals surface area contributed by atoms with Gasteiger partial charge in [0.2, 0.25) is 0 Å². The van der Waals surface area contributed by atoms with E-state index in [2.05, 4.69) is 31.5 Å². The van der Waals surface area contributed by atoms with Gasteiger partial charge in [-0.1, -0.05) is 0 Å². The summed E-state index contributed by atoms with van der Waals surface area (Å²) < 4.78 is 6.22. The second-order valence-electron chi connectivity index (χ2n) is 6.36. The van der Waals surface area contributed by atoms with Crippen LogP contribution in [0.3, 0.4) is 0 Å². The molecule has 2 rings (SSSR count). The first-order chi connectivity index (χ1) is 9.82. The quantitative estimate of drug-likeness (QED) is 0.871. The molecule has 0 spiro atoms. The van der Waals surface area contributed by atoms with Gasteiger partial charge in [-0.2, -0.15) is 0 Å². The molecule has 1 heterocycles. The summed E-state index contributed by atoms with van der Waals surface area (Å²) in [6.07, 6.45) is 3.32. The highest BCUT2D eigenvalue weighted by Gasteiger charge is 2.31.